The molecule has 0 spiro atoms. The van der Waals surface area contributed by atoms with Gasteiger partial charge in [-0.25, -0.2) is 9.59 Å². The van der Waals surface area contributed by atoms with Gasteiger partial charge in [-0.15, -0.1) is 11.8 Å². The molecule has 6 nitrogen and oxygen atoms in total. The molecule has 2 amide bonds. The summed E-state index contributed by atoms with van der Waals surface area (Å²) in [5, 5.41) is 9.34. The molecule has 2 fully saturated rings. The van der Waals surface area contributed by atoms with Crippen molar-refractivity contribution >= 4 is 23.8 Å². The third-order valence-electron chi connectivity index (χ3n) is 3.82. The molecule has 2 aliphatic rings. The molecule has 0 aromatic heterocycles. The van der Waals surface area contributed by atoms with E-state index in [0.717, 1.165) is 12.8 Å². The zero-order valence-electron chi connectivity index (χ0n) is 12.8. The number of hydrogen-bond acceptors (Lipinski definition) is 4. The lowest BCUT2D eigenvalue weighted by Gasteiger charge is -2.39. The number of carbonyl (C=O) groups is 2. The second kappa shape index (κ2) is 6.87. The lowest BCUT2D eigenvalue weighted by atomic mass is 10.2. The van der Waals surface area contributed by atoms with Gasteiger partial charge in [0.05, 0.1) is 17.6 Å². The molecule has 0 aromatic rings. The lowest BCUT2D eigenvalue weighted by Crippen LogP contribution is -2.56. The van der Waals surface area contributed by atoms with E-state index in [-0.39, 0.29) is 23.6 Å². The minimum atomic E-state index is -0.913. The number of carboxylic acid groups (broad SMARTS) is 1. The predicted molar refractivity (Wildman–Crippen MR) is 81.4 cm³/mol. The van der Waals surface area contributed by atoms with Crippen LogP contribution >= 0.6 is 11.8 Å². The van der Waals surface area contributed by atoms with Crippen LogP contribution in [0.5, 0.6) is 0 Å². The average Bonchev–Trinajstić information content (AvgIpc) is 2.81. The zero-order chi connectivity index (χ0) is 15.6. The minimum absolute atomic E-state index is 0.0131. The first-order valence-corrected chi connectivity index (χ1v) is 8.56. The number of carboxylic acids is 1. The van der Waals surface area contributed by atoms with Crippen LogP contribution in [0.25, 0.3) is 0 Å². The van der Waals surface area contributed by atoms with Crippen molar-refractivity contribution in [2.45, 2.75) is 57.2 Å². The monoisotopic (exact) mass is 316 g/mol. The largest absolute Gasteiger partial charge is 0.480 e. The van der Waals surface area contributed by atoms with Gasteiger partial charge in [0.2, 0.25) is 0 Å². The summed E-state index contributed by atoms with van der Waals surface area (Å²) in [6.45, 7) is 6.97. The molecule has 0 bridgehead atoms. The van der Waals surface area contributed by atoms with Gasteiger partial charge in [0.25, 0.3) is 0 Å². The van der Waals surface area contributed by atoms with Crippen LogP contribution in [0, 0.1) is 0 Å². The van der Waals surface area contributed by atoms with Crippen molar-refractivity contribution in [2.75, 3.05) is 18.8 Å². The Hall–Kier alpha value is -0.950. The third kappa shape index (κ3) is 3.63. The molecule has 4 atom stereocenters. The van der Waals surface area contributed by atoms with Gasteiger partial charge in [-0.05, 0) is 20.3 Å². The molecular formula is C14H24N2O4S. The fraction of sp³-hybridized carbons (Fsp3) is 0.857. The van der Waals surface area contributed by atoms with Gasteiger partial charge in [-0.2, -0.15) is 0 Å². The zero-order valence-corrected chi connectivity index (χ0v) is 13.6. The van der Waals surface area contributed by atoms with Crippen molar-refractivity contribution in [1.29, 1.82) is 0 Å². The van der Waals surface area contributed by atoms with Crippen LogP contribution in [-0.2, 0) is 9.53 Å². The summed E-state index contributed by atoms with van der Waals surface area (Å²) in [7, 11) is 0. The van der Waals surface area contributed by atoms with Gasteiger partial charge in [0.1, 0.15) is 6.04 Å². The predicted octanol–water partition coefficient (Wildman–Crippen LogP) is 1.84. The van der Waals surface area contributed by atoms with Crippen molar-refractivity contribution in [3.8, 4) is 0 Å². The maximum Gasteiger partial charge on any atom is 0.327 e. The fourth-order valence-corrected chi connectivity index (χ4v) is 4.48. The molecule has 0 radical (unpaired) electrons. The summed E-state index contributed by atoms with van der Waals surface area (Å²) in [4.78, 5) is 27.5. The van der Waals surface area contributed by atoms with E-state index in [2.05, 4.69) is 6.92 Å². The van der Waals surface area contributed by atoms with Crippen LogP contribution in [0.2, 0.25) is 0 Å². The Labute approximate surface area is 129 Å². The lowest BCUT2D eigenvalue weighted by molar-refractivity contribution is -0.141. The number of aliphatic carboxylic acids is 1. The number of rotatable bonds is 3. The SMILES string of the molecule is CCCC1SCC(C(=O)O)N1C(=O)N1CC(C)OC(C)C1. The number of amides is 2. The molecular weight excluding hydrogens is 292 g/mol. The summed E-state index contributed by atoms with van der Waals surface area (Å²) in [5.41, 5.74) is 0. The third-order valence-corrected chi connectivity index (χ3v) is 5.18. The van der Waals surface area contributed by atoms with Gasteiger partial charge in [-0.3, -0.25) is 4.90 Å². The normalized spacial score (nSPS) is 33.3. The van der Waals surface area contributed by atoms with E-state index >= 15 is 0 Å². The summed E-state index contributed by atoms with van der Waals surface area (Å²) in [6, 6.07) is -0.875. The van der Waals surface area contributed by atoms with E-state index in [1.54, 1.807) is 21.6 Å². The minimum Gasteiger partial charge on any atom is -0.480 e. The van der Waals surface area contributed by atoms with Crippen LogP contribution in [0.15, 0.2) is 0 Å². The highest BCUT2D eigenvalue weighted by Crippen LogP contribution is 2.33. The first-order valence-electron chi connectivity index (χ1n) is 7.51. The maximum absolute atomic E-state index is 12.8. The van der Waals surface area contributed by atoms with Gasteiger partial charge >= 0.3 is 12.0 Å². The smallest absolute Gasteiger partial charge is 0.327 e. The van der Waals surface area contributed by atoms with Crippen LogP contribution in [-0.4, -0.2) is 69.4 Å². The summed E-state index contributed by atoms with van der Waals surface area (Å²) < 4.78 is 5.64. The second-order valence-corrected chi connectivity index (χ2v) is 6.99. The van der Waals surface area contributed by atoms with E-state index in [4.69, 9.17) is 4.74 Å². The van der Waals surface area contributed by atoms with E-state index in [1.807, 2.05) is 13.8 Å². The first-order chi connectivity index (χ1) is 9.93. The highest BCUT2D eigenvalue weighted by molar-refractivity contribution is 8.00. The Morgan fingerprint density at radius 2 is 1.90 bits per heavy atom. The van der Waals surface area contributed by atoms with Gasteiger partial charge < -0.3 is 14.7 Å². The van der Waals surface area contributed by atoms with Crippen LogP contribution in [0.4, 0.5) is 4.79 Å². The molecule has 0 saturated carbocycles. The molecule has 2 saturated heterocycles. The number of hydrogen-bond donors (Lipinski definition) is 1. The molecule has 2 rings (SSSR count). The Morgan fingerprint density at radius 3 is 2.43 bits per heavy atom. The molecule has 2 aliphatic heterocycles. The number of thioether (sulfide) groups is 1. The van der Waals surface area contributed by atoms with Gasteiger partial charge in [0.15, 0.2) is 0 Å². The topological polar surface area (TPSA) is 70.1 Å². The molecule has 0 aliphatic carbocycles. The van der Waals surface area contributed by atoms with Crippen molar-refractivity contribution in [1.82, 2.24) is 9.80 Å². The van der Waals surface area contributed by atoms with Crippen LogP contribution in [0.1, 0.15) is 33.6 Å². The number of ether oxygens (including phenoxy) is 1. The van der Waals surface area contributed by atoms with Gasteiger partial charge in [0, 0.05) is 18.8 Å². The van der Waals surface area contributed by atoms with Crippen molar-refractivity contribution < 1.29 is 19.4 Å². The van der Waals surface area contributed by atoms with Crippen molar-refractivity contribution in [2.24, 2.45) is 0 Å². The van der Waals surface area contributed by atoms with Crippen molar-refractivity contribution in [3.63, 3.8) is 0 Å². The van der Waals surface area contributed by atoms with E-state index in [9.17, 15) is 14.7 Å². The second-order valence-electron chi connectivity index (χ2n) is 5.78. The van der Waals surface area contributed by atoms with E-state index in [0.29, 0.717) is 18.8 Å². The summed E-state index contributed by atoms with van der Waals surface area (Å²) in [6.07, 6.45) is 1.74. The van der Waals surface area contributed by atoms with Crippen LogP contribution < -0.4 is 0 Å². The molecule has 120 valence electrons. The van der Waals surface area contributed by atoms with Gasteiger partial charge in [-0.1, -0.05) is 13.3 Å². The highest BCUT2D eigenvalue weighted by atomic mass is 32.2. The molecule has 0 aromatic carbocycles. The highest BCUT2D eigenvalue weighted by Gasteiger charge is 2.43. The van der Waals surface area contributed by atoms with Crippen molar-refractivity contribution in [3.05, 3.63) is 0 Å². The molecule has 7 heteroatoms. The summed E-state index contributed by atoms with van der Waals surface area (Å²) in [5.74, 6) is -0.440. The Balaban J connectivity index is 2.14. The Morgan fingerprint density at radius 1 is 1.29 bits per heavy atom. The van der Waals surface area contributed by atoms with E-state index < -0.39 is 12.0 Å². The summed E-state index contributed by atoms with van der Waals surface area (Å²) >= 11 is 1.57. The standard InChI is InChI=1S/C14H24N2O4S/c1-4-5-12-16(11(8-21-12)13(17)18)14(19)15-6-9(2)20-10(3)7-15/h9-12H,4-8H2,1-3H3,(H,17,18). The number of carbonyl (C=O) groups excluding carboxylic acids is 1. The Kier molecular flexibility index (Phi) is 5.37. The quantitative estimate of drug-likeness (QED) is 0.860. The molecule has 2 heterocycles. The average molecular weight is 316 g/mol. The molecule has 4 unspecified atom stereocenters. The number of morpholine rings is 1. The molecule has 1 N–H and O–H groups in total. The molecule has 21 heavy (non-hydrogen) atoms. The Bertz CT molecular complexity index is 396. The van der Waals surface area contributed by atoms with Crippen LogP contribution in [0.3, 0.4) is 0 Å². The maximum atomic E-state index is 12.8. The first kappa shape index (κ1) is 16.4. The number of urea groups is 1. The number of nitrogens with zero attached hydrogens (tertiary/aromatic N) is 2. The van der Waals surface area contributed by atoms with E-state index in [1.165, 1.54) is 0 Å². The fourth-order valence-electron chi connectivity index (χ4n) is 2.98.